The van der Waals surface area contributed by atoms with Crippen LogP contribution in [0.3, 0.4) is 0 Å². The van der Waals surface area contributed by atoms with Gasteiger partial charge in [0, 0.05) is 24.3 Å². The summed E-state index contributed by atoms with van der Waals surface area (Å²) in [5, 5.41) is 2.15. The Balaban J connectivity index is 1.28. The van der Waals surface area contributed by atoms with E-state index in [0.717, 1.165) is 41.5 Å². The highest BCUT2D eigenvalue weighted by molar-refractivity contribution is 6.08. The first-order chi connectivity index (χ1) is 13.7. The van der Waals surface area contributed by atoms with Gasteiger partial charge in [0.2, 0.25) is 0 Å². The van der Waals surface area contributed by atoms with Gasteiger partial charge in [0.15, 0.2) is 5.78 Å². The summed E-state index contributed by atoms with van der Waals surface area (Å²) < 4.78 is 0. The fourth-order valence-electron chi connectivity index (χ4n) is 5.71. The topological polar surface area (TPSA) is 34.1 Å². The van der Waals surface area contributed by atoms with Gasteiger partial charge in [-0.15, -0.1) is 0 Å². The molecule has 2 heteroatoms. The lowest BCUT2D eigenvalue weighted by Crippen LogP contribution is -2.35. The summed E-state index contributed by atoms with van der Waals surface area (Å²) in [6.45, 7) is 0. The Kier molecular flexibility index (Phi) is 6.24. The third-order valence-electron chi connectivity index (χ3n) is 7.16. The third kappa shape index (κ3) is 4.21. The molecule has 0 saturated heterocycles. The number of hydrogen-bond acceptors (Lipinski definition) is 2. The van der Waals surface area contributed by atoms with E-state index in [1.807, 2.05) is 42.5 Å². The molecule has 2 aliphatic carbocycles. The van der Waals surface area contributed by atoms with Crippen LogP contribution in [-0.4, -0.2) is 11.6 Å². The summed E-state index contributed by atoms with van der Waals surface area (Å²) in [5.41, 5.74) is 0.821. The van der Waals surface area contributed by atoms with E-state index in [4.69, 9.17) is 0 Å². The lowest BCUT2D eigenvalue weighted by atomic mass is 9.64. The number of hydrogen-bond donors (Lipinski definition) is 0. The van der Waals surface area contributed by atoms with Gasteiger partial charge in [-0.2, -0.15) is 0 Å². The van der Waals surface area contributed by atoms with Gasteiger partial charge in [0.05, 0.1) is 0 Å². The number of ketones is 2. The molecule has 4 rings (SSSR count). The van der Waals surface area contributed by atoms with Crippen LogP contribution in [0.15, 0.2) is 42.5 Å². The van der Waals surface area contributed by atoms with E-state index < -0.39 is 0 Å². The van der Waals surface area contributed by atoms with Crippen molar-refractivity contribution in [3.05, 3.63) is 48.0 Å². The maximum atomic E-state index is 12.9. The minimum absolute atomic E-state index is 0.203. The molecule has 2 aromatic rings. The van der Waals surface area contributed by atoms with E-state index in [1.165, 1.54) is 38.5 Å². The first-order valence-corrected chi connectivity index (χ1v) is 11.3. The highest BCUT2D eigenvalue weighted by atomic mass is 16.1. The zero-order chi connectivity index (χ0) is 19.3. The van der Waals surface area contributed by atoms with E-state index in [1.54, 1.807) is 0 Å². The highest BCUT2D eigenvalue weighted by Crippen LogP contribution is 2.44. The summed E-state index contributed by atoms with van der Waals surface area (Å²) in [4.78, 5) is 25.6. The first kappa shape index (κ1) is 19.4. The normalized spacial score (nSPS) is 24.6. The predicted molar refractivity (Wildman–Crippen MR) is 115 cm³/mol. The van der Waals surface area contributed by atoms with Crippen molar-refractivity contribution < 1.29 is 9.59 Å². The maximum absolute atomic E-state index is 12.9. The number of carbonyl (C=O) groups is 2. The summed E-state index contributed by atoms with van der Waals surface area (Å²) in [7, 11) is 0. The second-order valence-electron chi connectivity index (χ2n) is 8.87. The minimum atomic E-state index is 0.203. The van der Waals surface area contributed by atoms with Gasteiger partial charge < -0.3 is 0 Å². The maximum Gasteiger partial charge on any atom is 0.163 e. The number of benzene rings is 2. The SMILES string of the molecule is O=C(CCCCC(=O)C1CCCC2CCCCC21)c1cccc2ccccc12. The zero-order valence-electron chi connectivity index (χ0n) is 16.9. The van der Waals surface area contributed by atoms with Crippen molar-refractivity contribution in [2.75, 3.05) is 0 Å². The Morgan fingerprint density at radius 1 is 0.786 bits per heavy atom. The van der Waals surface area contributed by atoms with Crippen molar-refractivity contribution in [3.8, 4) is 0 Å². The molecule has 0 aliphatic heterocycles. The summed E-state index contributed by atoms with van der Waals surface area (Å²) in [6, 6.07) is 14.0. The van der Waals surface area contributed by atoms with Crippen LogP contribution >= 0.6 is 0 Å². The third-order valence-corrected chi connectivity index (χ3v) is 7.16. The van der Waals surface area contributed by atoms with Gasteiger partial charge in [0.1, 0.15) is 5.78 Å². The molecule has 3 unspecified atom stereocenters. The molecule has 0 N–H and O–H groups in total. The minimum Gasteiger partial charge on any atom is -0.299 e. The van der Waals surface area contributed by atoms with Crippen LogP contribution in [0.25, 0.3) is 10.8 Å². The molecule has 2 nitrogen and oxygen atoms in total. The van der Waals surface area contributed by atoms with Gasteiger partial charge in [-0.05, 0) is 48.3 Å². The van der Waals surface area contributed by atoms with Gasteiger partial charge in [0.25, 0.3) is 0 Å². The van der Waals surface area contributed by atoms with E-state index in [-0.39, 0.29) is 5.78 Å². The number of fused-ring (bicyclic) bond motifs is 2. The standard InChI is InChI=1S/C26H32O2/c27-25(23-15-7-11-19-9-1-3-13-21(19)23)17-5-6-18-26(28)24-16-8-12-20-10-2-4-14-22(20)24/h1,3,7,9,11,13,15,20,22,24H,2,4-6,8,10,12,14,16-18H2. The quantitative estimate of drug-likeness (QED) is 0.395. The van der Waals surface area contributed by atoms with E-state index in [2.05, 4.69) is 0 Å². The van der Waals surface area contributed by atoms with E-state index in [0.29, 0.717) is 30.5 Å². The Bertz CT molecular complexity index is 830. The highest BCUT2D eigenvalue weighted by Gasteiger charge is 2.37. The van der Waals surface area contributed by atoms with Crippen LogP contribution < -0.4 is 0 Å². The molecule has 3 atom stereocenters. The fraction of sp³-hybridized carbons (Fsp3) is 0.538. The van der Waals surface area contributed by atoms with Crippen LogP contribution in [0.1, 0.15) is 81.0 Å². The molecule has 0 aromatic heterocycles. The monoisotopic (exact) mass is 376 g/mol. The largest absolute Gasteiger partial charge is 0.299 e. The van der Waals surface area contributed by atoms with Crippen molar-refractivity contribution in [2.45, 2.75) is 70.6 Å². The number of Topliss-reactive ketones (excluding diaryl/α,β-unsaturated/α-hetero) is 2. The summed E-state index contributed by atoms with van der Waals surface area (Å²) in [5.74, 6) is 2.47. The molecule has 0 bridgehead atoms. The number of unbranched alkanes of at least 4 members (excludes halogenated alkanes) is 1. The second-order valence-corrected chi connectivity index (χ2v) is 8.87. The van der Waals surface area contributed by atoms with Gasteiger partial charge in [-0.25, -0.2) is 0 Å². The molecule has 0 spiro atoms. The van der Waals surface area contributed by atoms with E-state index in [9.17, 15) is 9.59 Å². The molecule has 28 heavy (non-hydrogen) atoms. The summed E-state index contributed by atoms with van der Waals surface area (Å²) in [6.07, 6.45) is 11.8. The molecule has 2 aliphatic rings. The Labute approximate surface area is 168 Å². The van der Waals surface area contributed by atoms with E-state index >= 15 is 0 Å². The van der Waals surface area contributed by atoms with Crippen LogP contribution in [0.4, 0.5) is 0 Å². The Morgan fingerprint density at radius 2 is 1.54 bits per heavy atom. The number of carbonyl (C=O) groups excluding carboxylic acids is 2. The number of rotatable bonds is 7. The van der Waals surface area contributed by atoms with Crippen molar-refractivity contribution in [3.63, 3.8) is 0 Å². The van der Waals surface area contributed by atoms with Gasteiger partial charge in [-0.3, -0.25) is 9.59 Å². The fourth-order valence-corrected chi connectivity index (χ4v) is 5.71. The van der Waals surface area contributed by atoms with Crippen molar-refractivity contribution >= 4 is 22.3 Å². The molecule has 0 heterocycles. The first-order valence-electron chi connectivity index (χ1n) is 11.3. The average molecular weight is 377 g/mol. The lowest BCUT2D eigenvalue weighted by molar-refractivity contribution is -0.127. The molecular formula is C26H32O2. The molecule has 2 saturated carbocycles. The lowest BCUT2D eigenvalue weighted by Gasteiger charge is -2.40. The second kappa shape index (κ2) is 9.03. The van der Waals surface area contributed by atoms with Crippen LogP contribution in [0.2, 0.25) is 0 Å². The van der Waals surface area contributed by atoms with Crippen molar-refractivity contribution in [1.29, 1.82) is 0 Å². The van der Waals surface area contributed by atoms with Crippen LogP contribution in [0, 0.1) is 17.8 Å². The van der Waals surface area contributed by atoms with Gasteiger partial charge in [-0.1, -0.05) is 74.6 Å². The molecule has 2 fully saturated rings. The average Bonchev–Trinajstić information content (AvgIpc) is 2.75. The van der Waals surface area contributed by atoms with Crippen LogP contribution in [0.5, 0.6) is 0 Å². The van der Waals surface area contributed by atoms with Crippen molar-refractivity contribution in [1.82, 2.24) is 0 Å². The Morgan fingerprint density at radius 3 is 2.46 bits per heavy atom. The predicted octanol–water partition coefficient (Wildman–Crippen LogP) is 6.76. The van der Waals surface area contributed by atoms with Crippen molar-refractivity contribution in [2.24, 2.45) is 17.8 Å². The molecule has 0 amide bonds. The van der Waals surface area contributed by atoms with Crippen LogP contribution in [-0.2, 0) is 4.79 Å². The zero-order valence-corrected chi connectivity index (χ0v) is 16.9. The molecular weight excluding hydrogens is 344 g/mol. The molecule has 2 aromatic carbocycles. The Hall–Kier alpha value is -1.96. The van der Waals surface area contributed by atoms with Gasteiger partial charge >= 0.3 is 0 Å². The molecule has 0 radical (unpaired) electrons. The smallest absolute Gasteiger partial charge is 0.163 e. The summed E-state index contributed by atoms with van der Waals surface area (Å²) >= 11 is 0. The molecule has 148 valence electrons.